The molecular weight excluding hydrogens is 240 g/mol. The summed E-state index contributed by atoms with van der Waals surface area (Å²) in [6.45, 7) is 4.12. The Morgan fingerprint density at radius 3 is 2.89 bits per heavy atom. The van der Waals surface area contributed by atoms with Crippen molar-refractivity contribution in [1.82, 2.24) is 20.6 Å². The molecule has 0 bridgehead atoms. The largest absolute Gasteiger partial charge is 0.299 e. The van der Waals surface area contributed by atoms with Crippen LogP contribution in [0.25, 0.3) is 0 Å². The second kappa shape index (κ2) is 6.08. The van der Waals surface area contributed by atoms with Crippen molar-refractivity contribution in [2.75, 3.05) is 0 Å². The van der Waals surface area contributed by atoms with E-state index in [1.807, 2.05) is 0 Å². The van der Waals surface area contributed by atoms with Gasteiger partial charge in [0.25, 0.3) is 0 Å². The number of tetrazole rings is 1. The Kier molecular flexibility index (Phi) is 4.45. The molecule has 1 fully saturated rings. The number of aromatic nitrogens is 4. The lowest BCUT2D eigenvalue weighted by molar-refractivity contribution is -0.127. The molecule has 1 heterocycles. The van der Waals surface area contributed by atoms with E-state index in [9.17, 15) is 4.79 Å². The number of unbranched alkanes of at least 4 members (excludes halogenated alkanes) is 1. The van der Waals surface area contributed by atoms with Gasteiger partial charge in [-0.15, -0.1) is 10.2 Å². The molecule has 0 amide bonds. The lowest BCUT2D eigenvalue weighted by Crippen LogP contribution is -2.21. The third-order valence-electron chi connectivity index (χ3n) is 3.90. The summed E-state index contributed by atoms with van der Waals surface area (Å²) in [6, 6.07) is 0. The highest BCUT2D eigenvalue weighted by Gasteiger charge is 2.39. The Bertz CT molecular complexity index is 436. The summed E-state index contributed by atoms with van der Waals surface area (Å²) in [5.41, 5.74) is -0.100. The molecule has 19 heavy (non-hydrogen) atoms. The highest BCUT2D eigenvalue weighted by atomic mass is 16.1. The van der Waals surface area contributed by atoms with Crippen molar-refractivity contribution < 1.29 is 4.79 Å². The molecule has 1 aliphatic rings. The number of aryl methyl sites for hydroxylation is 1. The van der Waals surface area contributed by atoms with Gasteiger partial charge in [0.05, 0.1) is 0 Å². The number of nitrogens with one attached hydrogen (secondary N) is 1. The normalized spacial score (nSPS) is 22.4. The topological polar surface area (TPSA) is 71.5 Å². The summed E-state index contributed by atoms with van der Waals surface area (Å²) >= 11 is 0. The molecule has 1 aromatic rings. The standard InChI is InChI=1S/C14H22N4O/c1-14(2)10-9-11(13(14)19)7-5-3-4-6-8-12-15-17-18-16-12/h3,5,11H,4,6-10H2,1-2H3,(H,15,16,17,18)/b5-3-. The van der Waals surface area contributed by atoms with Crippen LogP contribution in [0.5, 0.6) is 0 Å². The first-order valence-corrected chi connectivity index (χ1v) is 7.01. The Hall–Kier alpha value is -1.52. The van der Waals surface area contributed by atoms with E-state index in [0.717, 1.165) is 44.3 Å². The van der Waals surface area contributed by atoms with E-state index >= 15 is 0 Å². The van der Waals surface area contributed by atoms with Crippen LogP contribution in [0.15, 0.2) is 12.2 Å². The number of rotatable bonds is 6. The van der Waals surface area contributed by atoms with E-state index in [1.54, 1.807) is 0 Å². The number of ketones is 1. The molecule has 1 aliphatic carbocycles. The van der Waals surface area contributed by atoms with Gasteiger partial charge in [-0.3, -0.25) is 4.79 Å². The predicted molar refractivity (Wildman–Crippen MR) is 72.4 cm³/mol. The lowest BCUT2D eigenvalue weighted by atomic mass is 9.88. The molecule has 104 valence electrons. The molecule has 0 radical (unpaired) electrons. The fourth-order valence-electron chi connectivity index (χ4n) is 2.61. The average Bonchev–Trinajstić information content (AvgIpc) is 2.96. The first kappa shape index (κ1) is 13.9. The van der Waals surface area contributed by atoms with Crippen LogP contribution in [0.3, 0.4) is 0 Å². The van der Waals surface area contributed by atoms with Crippen molar-refractivity contribution in [2.24, 2.45) is 11.3 Å². The van der Waals surface area contributed by atoms with Gasteiger partial charge >= 0.3 is 0 Å². The first-order valence-electron chi connectivity index (χ1n) is 7.01. The second-order valence-electron chi connectivity index (χ2n) is 5.91. The van der Waals surface area contributed by atoms with Gasteiger partial charge in [0, 0.05) is 17.8 Å². The van der Waals surface area contributed by atoms with Crippen LogP contribution >= 0.6 is 0 Å². The van der Waals surface area contributed by atoms with Gasteiger partial charge in [-0.1, -0.05) is 31.2 Å². The molecule has 2 rings (SSSR count). The van der Waals surface area contributed by atoms with E-state index in [2.05, 4.69) is 46.6 Å². The van der Waals surface area contributed by atoms with Gasteiger partial charge in [0.2, 0.25) is 0 Å². The quantitative estimate of drug-likeness (QED) is 0.631. The molecule has 1 atom stereocenters. The van der Waals surface area contributed by atoms with E-state index in [-0.39, 0.29) is 11.3 Å². The lowest BCUT2D eigenvalue weighted by Gasteiger charge is -2.14. The fourth-order valence-corrected chi connectivity index (χ4v) is 2.61. The van der Waals surface area contributed by atoms with Crippen molar-refractivity contribution >= 4 is 5.78 Å². The van der Waals surface area contributed by atoms with Crippen LogP contribution < -0.4 is 0 Å². The van der Waals surface area contributed by atoms with Crippen LogP contribution in [0.2, 0.25) is 0 Å². The Balaban J connectivity index is 1.63. The number of nitrogens with zero attached hydrogens (tertiary/aromatic N) is 3. The smallest absolute Gasteiger partial charge is 0.174 e. The minimum absolute atomic E-state index is 0.100. The molecule has 0 spiro atoms. The van der Waals surface area contributed by atoms with Crippen LogP contribution in [-0.2, 0) is 11.2 Å². The van der Waals surface area contributed by atoms with E-state index in [4.69, 9.17) is 0 Å². The molecule has 1 N–H and O–H groups in total. The van der Waals surface area contributed by atoms with Crippen molar-refractivity contribution in [3.8, 4) is 0 Å². The molecule has 0 aliphatic heterocycles. The molecule has 5 nitrogen and oxygen atoms in total. The minimum Gasteiger partial charge on any atom is -0.299 e. The van der Waals surface area contributed by atoms with Gasteiger partial charge in [-0.2, -0.15) is 5.21 Å². The Morgan fingerprint density at radius 2 is 2.26 bits per heavy atom. The molecule has 0 saturated heterocycles. The van der Waals surface area contributed by atoms with E-state index in [0.29, 0.717) is 5.78 Å². The van der Waals surface area contributed by atoms with Crippen molar-refractivity contribution in [3.63, 3.8) is 0 Å². The fraction of sp³-hybridized carbons (Fsp3) is 0.714. The number of hydrogen-bond acceptors (Lipinski definition) is 4. The van der Waals surface area contributed by atoms with Gasteiger partial charge in [0.1, 0.15) is 5.78 Å². The summed E-state index contributed by atoms with van der Waals surface area (Å²) in [4.78, 5) is 12.0. The van der Waals surface area contributed by atoms with Gasteiger partial charge in [0.15, 0.2) is 5.82 Å². The number of aromatic amines is 1. The zero-order chi connectivity index (χ0) is 13.7. The van der Waals surface area contributed by atoms with E-state index in [1.165, 1.54) is 0 Å². The van der Waals surface area contributed by atoms with Crippen LogP contribution in [0, 0.1) is 11.3 Å². The molecular formula is C14H22N4O. The maximum absolute atomic E-state index is 12.0. The molecule has 0 aromatic carbocycles. The molecule has 1 unspecified atom stereocenters. The minimum atomic E-state index is -0.100. The zero-order valence-electron chi connectivity index (χ0n) is 11.7. The number of carbonyl (C=O) groups is 1. The average molecular weight is 262 g/mol. The summed E-state index contributed by atoms with van der Waals surface area (Å²) in [5.74, 6) is 1.44. The highest BCUT2D eigenvalue weighted by molar-refractivity contribution is 5.88. The number of H-pyrrole nitrogens is 1. The van der Waals surface area contributed by atoms with Gasteiger partial charge in [-0.05, 0) is 32.1 Å². The second-order valence-corrected chi connectivity index (χ2v) is 5.91. The highest BCUT2D eigenvalue weighted by Crippen LogP contribution is 2.39. The SMILES string of the molecule is CC1(C)CCC(C/C=C\CCCc2nn[nH]n2)C1=O. The Labute approximate surface area is 113 Å². The Morgan fingerprint density at radius 1 is 1.42 bits per heavy atom. The maximum atomic E-state index is 12.0. The molecule has 5 heteroatoms. The van der Waals surface area contributed by atoms with Gasteiger partial charge in [-0.25, -0.2) is 0 Å². The van der Waals surface area contributed by atoms with Crippen molar-refractivity contribution in [1.29, 1.82) is 0 Å². The van der Waals surface area contributed by atoms with Crippen LogP contribution in [0.4, 0.5) is 0 Å². The third-order valence-corrected chi connectivity index (χ3v) is 3.90. The predicted octanol–water partition coefficient (Wildman–Crippen LogP) is 2.47. The summed E-state index contributed by atoms with van der Waals surface area (Å²) in [7, 11) is 0. The van der Waals surface area contributed by atoms with Crippen LogP contribution in [-0.4, -0.2) is 26.4 Å². The monoisotopic (exact) mass is 262 g/mol. The number of allylic oxidation sites excluding steroid dienone is 2. The van der Waals surface area contributed by atoms with Crippen molar-refractivity contribution in [3.05, 3.63) is 18.0 Å². The van der Waals surface area contributed by atoms with Crippen LogP contribution in [0.1, 0.15) is 51.8 Å². The number of Topliss-reactive ketones (excluding diaryl/α,β-unsaturated/α-hetero) is 1. The molecule has 1 saturated carbocycles. The van der Waals surface area contributed by atoms with Gasteiger partial charge < -0.3 is 0 Å². The number of carbonyl (C=O) groups excluding carboxylic acids is 1. The zero-order valence-corrected chi connectivity index (χ0v) is 11.7. The summed E-state index contributed by atoms with van der Waals surface area (Å²) in [5, 5.41) is 13.8. The maximum Gasteiger partial charge on any atom is 0.174 e. The first-order chi connectivity index (χ1) is 9.09. The summed E-state index contributed by atoms with van der Waals surface area (Å²) < 4.78 is 0. The van der Waals surface area contributed by atoms with E-state index < -0.39 is 0 Å². The number of hydrogen-bond donors (Lipinski definition) is 1. The summed E-state index contributed by atoms with van der Waals surface area (Å²) in [6.07, 6.45) is 10.1. The third kappa shape index (κ3) is 3.72. The van der Waals surface area contributed by atoms with Crippen molar-refractivity contribution in [2.45, 2.75) is 52.4 Å². The molecule has 1 aromatic heterocycles.